The van der Waals surface area contributed by atoms with Crippen molar-refractivity contribution in [2.45, 2.75) is 25.7 Å². The van der Waals surface area contributed by atoms with E-state index in [0.717, 1.165) is 60.1 Å². The summed E-state index contributed by atoms with van der Waals surface area (Å²) in [7, 11) is 0. The van der Waals surface area contributed by atoms with Crippen molar-refractivity contribution >= 4 is 44.5 Å². The van der Waals surface area contributed by atoms with Gasteiger partial charge in [0, 0.05) is 56.7 Å². The average molecular weight is 526 g/mol. The van der Waals surface area contributed by atoms with Crippen molar-refractivity contribution in [2.75, 3.05) is 11.3 Å². The highest BCUT2D eigenvalue weighted by Gasteiger charge is 2.24. The number of halogens is 1. The molecular formula is C24H22BrN4O3S+. The van der Waals surface area contributed by atoms with Gasteiger partial charge in [-0.1, -0.05) is 32.7 Å². The normalized spacial score (nSPS) is 11.0. The number of aromatic amines is 1. The fourth-order valence-electron chi connectivity index (χ4n) is 3.94. The fraction of sp³-hybridized carbons (Fsp3) is 0.167. The van der Waals surface area contributed by atoms with E-state index in [4.69, 9.17) is 0 Å². The minimum absolute atomic E-state index is 0.224. The molecule has 7 nitrogen and oxygen atoms in total. The van der Waals surface area contributed by atoms with Gasteiger partial charge < -0.3 is 4.98 Å². The van der Waals surface area contributed by atoms with Crippen molar-refractivity contribution in [1.29, 1.82) is 0 Å². The Morgan fingerprint density at radius 3 is 2.52 bits per heavy atom. The van der Waals surface area contributed by atoms with Crippen molar-refractivity contribution in [2.24, 2.45) is 0 Å². The molecule has 2 heterocycles. The fourth-order valence-corrected chi connectivity index (χ4v) is 4.96. The van der Waals surface area contributed by atoms with Crippen LogP contribution in [0.5, 0.6) is 0 Å². The monoisotopic (exact) mass is 525 g/mol. The van der Waals surface area contributed by atoms with E-state index in [-0.39, 0.29) is 16.7 Å². The third kappa shape index (κ3) is 4.94. The summed E-state index contributed by atoms with van der Waals surface area (Å²) in [6, 6.07) is 17.3. The summed E-state index contributed by atoms with van der Waals surface area (Å²) in [6.07, 6.45) is 0. The summed E-state index contributed by atoms with van der Waals surface area (Å²) in [5.41, 5.74) is 8.77. The molecule has 33 heavy (non-hydrogen) atoms. The van der Waals surface area contributed by atoms with Crippen LogP contribution in [0, 0.1) is 30.9 Å². The van der Waals surface area contributed by atoms with Crippen LogP contribution in [0.4, 0.5) is 0 Å². The maximum absolute atomic E-state index is 13.5. The van der Waals surface area contributed by atoms with Gasteiger partial charge in [-0.3, -0.25) is 14.9 Å². The number of carbonyl (C=O) groups is 1. The number of rotatable bonds is 6. The number of nitrogens with one attached hydrogen (secondary N) is 2. The zero-order chi connectivity index (χ0) is 23.7. The van der Waals surface area contributed by atoms with E-state index in [1.165, 1.54) is 0 Å². The molecule has 0 aliphatic carbocycles. The number of hydrogen-bond donors (Lipinski definition) is 2. The summed E-state index contributed by atoms with van der Waals surface area (Å²) in [5.74, 6) is -0.501. The number of carbonyl (C=O) groups excluding carboxylic acids is 1. The first kappa shape index (κ1) is 23.0. The summed E-state index contributed by atoms with van der Waals surface area (Å²) in [5, 5.41) is 11.7. The molecule has 2 aromatic heterocycles. The molecule has 0 bridgehead atoms. The second-order valence-electron chi connectivity index (χ2n) is 7.79. The molecule has 0 radical (unpaired) electrons. The highest BCUT2D eigenvalue weighted by molar-refractivity contribution is 9.10. The lowest BCUT2D eigenvalue weighted by Crippen LogP contribution is -2.53. The molecule has 2 N–H and O–H groups in total. The Bertz CT molecular complexity index is 1380. The molecule has 0 saturated carbocycles. The topological polar surface area (TPSA) is 91.9 Å². The van der Waals surface area contributed by atoms with Crippen LogP contribution in [-0.2, 0) is 0 Å². The van der Waals surface area contributed by atoms with E-state index < -0.39 is 0 Å². The largest absolute Gasteiger partial charge is 0.350 e. The van der Waals surface area contributed by atoms with Crippen molar-refractivity contribution in [1.82, 2.24) is 4.98 Å². The van der Waals surface area contributed by atoms with Crippen LogP contribution in [0.15, 0.2) is 64.0 Å². The number of nitro groups is 1. The quantitative estimate of drug-likeness (QED) is 0.114. The van der Waals surface area contributed by atoms with Crippen LogP contribution in [0.25, 0.3) is 22.0 Å². The Kier molecular flexibility index (Phi) is 6.53. The first-order valence-electron chi connectivity index (χ1n) is 10.2. The highest BCUT2D eigenvalue weighted by Crippen LogP contribution is 2.36. The summed E-state index contributed by atoms with van der Waals surface area (Å²) < 4.78 is 2.66. The van der Waals surface area contributed by atoms with Gasteiger partial charge in [0.25, 0.3) is 5.88 Å². The van der Waals surface area contributed by atoms with Crippen molar-refractivity contribution in [3.8, 4) is 11.1 Å². The minimum Gasteiger partial charge on any atom is -0.350 e. The number of H-pyrrole nitrogens is 1. The van der Waals surface area contributed by atoms with Crippen LogP contribution in [0.3, 0.4) is 0 Å². The predicted octanol–water partition coefficient (Wildman–Crippen LogP) is 5.52. The third-order valence-electron chi connectivity index (χ3n) is 5.24. The molecule has 9 heteroatoms. The van der Waals surface area contributed by atoms with Gasteiger partial charge in [-0.25, -0.2) is 0 Å². The standard InChI is InChI=1S/C24H21BrN4O3S/c1-14-9-15(2)29(16(3)10-14)27-24(30)23-22(17-5-4-6-18(25)11-17)20-12-19(33-13-28(31)32)7-8-21(20)26-23/h4-12H,13H2,1-3H3,(H-,26,27,30)/p+1. The van der Waals surface area contributed by atoms with Gasteiger partial charge in [-0.2, -0.15) is 0 Å². The van der Waals surface area contributed by atoms with E-state index in [9.17, 15) is 14.9 Å². The lowest BCUT2D eigenvalue weighted by molar-refractivity contribution is -0.654. The van der Waals surface area contributed by atoms with E-state index in [0.29, 0.717) is 5.69 Å². The van der Waals surface area contributed by atoms with Gasteiger partial charge in [0.1, 0.15) is 5.69 Å². The Morgan fingerprint density at radius 1 is 1.12 bits per heavy atom. The van der Waals surface area contributed by atoms with Gasteiger partial charge in [-0.15, -0.1) is 5.43 Å². The molecular weight excluding hydrogens is 504 g/mol. The van der Waals surface area contributed by atoms with Crippen molar-refractivity contribution in [3.05, 3.63) is 91.8 Å². The molecule has 0 saturated heterocycles. The Labute approximate surface area is 203 Å². The van der Waals surface area contributed by atoms with E-state index in [1.54, 1.807) is 4.68 Å². The van der Waals surface area contributed by atoms with Crippen LogP contribution >= 0.6 is 27.7 Å². The average Bonchev–Trinajstić information content (AvgIpc) is 3.13. The van der Waals surface area contributed by atoms with Gasteiger partial charge in [0.15, 0.2) is 0 Å². The maximum Gasteiger partial charge on any atom is 0.322 e. The summed E-state index contributed by atoms with van der Waals surface area (Å²) in [4.78, 5) is 28.0. The predicted molar refractivity (Wildman–Crippen MR) is 134 cm³/mol. The van der Waals surface area contributed by atoms with Crippen LogP contribution < -0.4 is 10.1 Å². The molecule has 1 amide bonds. The first-order valence-corrected chi connectivity index (χ1v) is 12.0. The number of thioether (sulfide) groups is 1. The lowest BCUT2D eigenvalue weighted by atomic mass is 10.0. The first-order chi connectivity index (χ1) is 15.7. The molecule has 4 aromatic rings. The van der Waals surface area contributed by atoms with Gasteiger partial charge in [-0.05, 0) is 60.1 Å². The molecule has 2 aromatic carbocycles. The van der Waals surface area contributed by atoms with Crippen LogP contribution in [0.2, 0.25) is 0 Å². The molecule has 0 atom stereocenters. The highest BCUT2D eigenvalue weighted by atomic mass is 79.9. The van der Waals surface area contributed by atoms with Gasteiger partial charge in [0.2, 0.25) is 11.4 Å². The van der Waals surface area contributed by atoms with Crippen LogP contribution in [0.1, 0.15) is 27.4 Å². The molecule has 168 valence electrons. The zero-order valence-electron chi connectivity index (χ0n) is 18.3. The lowest BCUT2D eigenvalue weighted by Gasteiger charge is -2.08. The molecule has 0 spiro atoms. The number of pyridine rings is 1. The number of aryl methyl sites for hydroxylation is 3. The Morgan fingerprint density at radius 2 is 1.85 bits per heavy atom. The van der Waals surface area contributed by atoms with E-state index in [1.807, 2.05) is 75.4 Å². The van der Waals surface area contributed by atoms with E-state index >= 15 is 0 Å². The van der Waals surface area contributed by atoms with E-state index in [2.05, 4.69) is 26.3 Å². The van der Waals surface area contributed by atoms with Crippen LogP contribution in [-0.4, -0.2) is 21.7 Å². The molecule has 0 unspecified atom stereocenters. The van der Waals surface area contributed by atoms with Gasteiger partial charge in [0.05, 0.1) is 0 Å². The Balaban J connectivity index is 1.84. The second kappa shape index (κ2) is 9.36. The number of hydrogen-bond acceptors (Lipinski definition) is 4. The number of amides is 1. The zero-order valence-corrected chi connectivity index (χ0v) is 20.7. The molecule has 4 rings (SSSR count). The second-order valence-corrected chi connectivity index (χ2v) is 9.72. The van der Waals surface area contributed by atoms with Gasteiger partial charge >= 0.3 is 5.91 Å². The number of fused-ring (bicyclic) bond motifs is 1. The number of aromatic nitrogens is 2. The molecule has 0 fully saturated rings. The van der Waals surface area contributed by atoms with Crippen molar-refractivity contribution < 1.29 is 14.4 Å². The van der Waals surface area contributed by atoms with Crippen molar-refractivity contribution in [3.63, 3.8) is 0 Å². The minimum atomic E-state index is -0.358. The maximum atomic E-state index is 13.5. The Hall–Kier alpha value is -3.17. The number of benzene rings is 2. The third-order valence-corrected chi connectivity index (χ3v) is 6.66. The smallest absolute Gasteiger partial charge is 0.322 e. The molecule has 0 aliphatic heterocycles. The summed E-state index contributed by atoms with van der Waals surface area (Å²) in [6.45, 7) is 5.91. The molecule has 0 aliphatic rings. The SMILES string of the molecule is Cc1cc(C)[n+](NC(=O)c2[nH]c3ccc(SC[N+](=O)[O-])cc3c2-c2cccc(Br)c2)c(C)c1. The number of nitrogens with zero attached hydrogens (tertiary/aromatic N) is 2. The summed E-state index contributed by atoms with van der Waals surface area (Å²) >= 11 is 4.66.